The molecule has 1 saturated heterocycles. The van der Waals surface area contributed by atoms with Gasteiger partial charge in [-0.25, -0.2) is 0 Å². The second-order valence-corrected chi connectivity index (χ2v) is 8.98. The number of carbonyl (C=O) groups is 1. The molecule has 176 valence electrons. The lowest BCUT2D eigenvalue weighted by Gasteiger charge is -2.38. The molecule has 3 rings (SSSR count). The Morgan fingerprint density at radius 2 is 2.09 bits per heavy atom. The van der Waals surface area contributed by atoms with Crippen molar-refractivity contribution in [3.05, 3.63) is 47.2 Å². The summed E-state index contributed by atoms with van der Waals surface area (Å²) in [6.45, 7) is 2.69. The summed E-state index contributed by atoms with van der Waals surface area (Å²) in [6.07, 6.45) is 5.45. The zero-order valence-corrected chi connectivity index (χ0v) is 19.9. The molecule has 10 heteroatoms. The second-order valence-electron chi connectivity index (χ2n) is 7.40. The highest BCUT2D eigenvalue weighted by atomic mass is 35.5. The number of ether oxygens (including phenoxy) is 2. The summed E-state index contributed by atoms with van der Waals surface area (Å²) in [4.78, 5) is 20.6. The number of piperidine rings is 1. The van der Waals surface area contributed by atoms with E-state index >= 15 is 0 Å². The van der Waals surface area contributed by atoms with Crippen LogP contribution in [0.15, 0.2) is 41.6 Å². The Morgan fingerprint density at radius 1 is 1.34 bits per heavy atom. The average Bonchev–Trinajstić information content (AvgIpc) is 2.79. The van der Waals surface area contributed by atoms with Gasteiger partial charge in [-0.15, -0.1) is 11.8 Å². The number of hydrogen-bond acceptors (Lipinski definition) is 7. The molecular weight excluding hydrogens is 452 g/mol. The van der Waals surface area contributed by atoms with Crippen molar-refractivity contribution in [3.8, 4) is 5.75 Å². The molecule has 0 spiro atoms. The molecule has 1 aromatic heterocycles. The minimum Gasteiger partial charge on any atom is -0.496 e. The lowest BCUT2D eigenvalue weighted by atomic mass is 10.0. The zero-order chi connectivity index (χ0) is 22.2. The maximum Gasteiger partial charge on any atom is 0.255 e. The number of pyridine rings is 1. The molecule has 0 saturated carbocycles. The van der Waals surface area contributed by atoms with E-state index in [1.807, 2.05) is 36.3 Å². The molecule has 1 aromatic carbocycles. The first-order valence-corrected chi connectivity index (χ1v) is 11.6. The van der Waals surface area contributed by atoms with Crippen LogP contribution >= 0.6 is 23.4 Å². The number of nitrogens with two attached hydrogens (primary N) is 1. The average molecular weight is 483 g/mol. The molecule has 0 aliphatic carbocycles. The fourth-order valence-electron chi connectivity index (χ4n) is 3.66. The van der Waals surface area contributed by atoms with Crippen molar-refractivity contribution in [3.63, 3.8) is 0 Å². The minimum atomic E-state index is -0.243. The molecule has 32 heavy (non-hydrogen) atoms. The van der Waals surface area contributed by atoms with Crippen LogP contribution in [0.4, 0.5) is 5.69 Å². The molecule has 5 N–H and O–H groups in total. The number of benzene rings is 1. The van der Waals surface area contributed by atoms with Crippen LogP contribution in [-0.2, 0) is 4.74 Å². The van der Waals surface area contributed by atoms with Gasteiger partial charge in [-0.05, 0) is 43.3 Å². The zero-order valence-electron chi connectivity index (χ0n) is 18.3. The smallest absolute Gasteiger partial charge is 0.255 e. The summed E-state index contributed by atoms with van der Waals surface area (Å²) in [7, 11) is 3.19. The van der Waals surface area contributed by atoms with Gasteiger partial charge in [-0.1, -0.05) is 11.6 Å². The Morgan fingerprint density at radius 3 is 2.78 bits per heavy atom. The van der Waals surface area contributed by atoms with Crippen LogP contribution in [0, 0.1) is 0 Å². The van der Waals surface area contributed by atoms with Gasteiger partial charge in [0.15, 0.2) is 0 Å². The first-order valence-electron chi connectivity index (χ1n) is 10.2. The third-order valence-corrected chi connectivity index (χ3v) is 6.79. The quantitative estimate of drug-likeness (QED) is 0.320. The van der Waals surface area contributed by atoms with E-state index in [9.17, 15) is 4.79 Å². The molecule has 8 nitrogen and oxygen atoms in total. The van der Waals surface area contributed by atoms with Crippen molar-refractivity contribution in [1.29, 1.82) is 0 Å². The van der Waals surface area contributed by atoms with E-state index in [2.05, 4.69) is 15.2 Å². The van der Waals surface area contributed by atoms with E-state index in [1.54, 1.807) is 19.2 Å². The van der Waals surface area contributed by atoms with Crippen LogP contribution < -0.4 is 15.8 Å². The van der Waals surface area contributed by atoms with Crippen LogP contribution in [0.5, 0.6) is 5.75 Å². The van der Waals surface area contributed by atoms with Crippen molar-refractivity contribution in [2.75, 3.05) is 45.3 Å². The maximum absolute atomic E-state index is 12.9. The number of carbonyl (C=O) groups excluding carboxylic acids is 1. The van der Waals surface area contributed by atoms with E-state index in [-0.39, 0.29) is 23.5 Å². The molecule has 2 atom stereocenters. The van der Waals surface area contributed by atoms with E-state index in [0.717, 1.165) is 38.2 Å². The standard InChI is InChI=1S/C22H29ClN4O3S.H2O/c1-29-20-13-18(24)17(23)12-16(20)22(28)26-19-6-10-27(14-21(19)30-2)9-3-11-31-15-4-7-25-8-5-15;/h4-5,7-8,12-13,19,21H,3,6,9-11,14,24H2,1-2H3,(H,26,28);1H2. The number of rotatable bonds is 9. The van der Waals surface area contributed by atoms with Gasteiger partial charge in [0.05, 0.1) is 35.5 Å². The number of nitrogens with one attached hydrogen (secondary N) is 1. The van der Waals surface area contributed by atoms with E-state index in [0.29, 0.717) is 22.0 Å². The number of methoxy groups -OCH3 is 2. The van der Waals surface area contributed by atoms with E-state index in [1.165, 1.54) is 12.0 Å². The highest BCUT2D eigenvalue weighted by Crippen LogP contribution is 2.29. The number of thioether (sulfide) groups is 1. The molecule has 1 aliphatic rings. The molecule has 0 bridgehead atoms. The number of aromatic nitrogens is 1. The van der Waals surface area contributed by atoms with Crippen LogP contribution in [0.3, 0.4) is 0 Å². The largest absolute Gasteiger partial charge is 0.496 e. The number of likely N-dealkylation sites (tertiary alicyclic amines) is 1. The van der Waals surface area contributed by atoms with Gasteiger partial charge in [0.25, 0.3) is 5.91 Å². The summed E-state index contributed by atoms with van der Waals surface area (Å²) in [6, 6.07) is 7.09. The minimum absolute atomic E-state index is 0. The van der Waals surface area contributed by atoms with Gasteiger partial charge in [-0.3, -0.25) is 9.78 Å². The van der Waals surface area contributed by atoms with E-state index in [4.69, 9.17) is 26.8 Å². The van der Waals surface area contributed by atoms with Crippen molar-refractivity contribution >= 4 is 35.0 Å². The molecule has 2 heterocycles. The number of amides is 1. The van der Waals surface area contributed by atoms with Gasteiger partial charge in [0, 0.05) is 43.6 Å². The molecular formula is C22H31ClN4O4S. The van der Waals surface area contributed by atoms with Crippen molar-refractivity contribution < 1.29 is 19.7 Å². The number of hydrogen-bond donors (Lipinski definition) is 2. The first kappa shape index (κ1) is 26.2. The van der Waals surface area contributed by atoms with E-state index < -0.39 is 0 Å². The van der Waals surface area contributed by atoms with Crippen molar-refractivity contribution in [1.82, 2.24) is 15.2 Å². The monoisotopic (exact) mass is 482 g/mol. The highest BCUT2D eigenvalue weighted by molar-refractivity contribution is 7.99. The molecule has 1 aliphatic heterocycles. The summed E-state index contributed by atoms with van der Waals surface area (Å²) in [5, 5.41) is 3.41. The first-order chi connectivity index (χ1) is 15.0. The van der Waals surface area contributed by atoms with Crippen LogP contribution in [-0.4, -0.2) is 73.0 Å². The Balaban J connectivity index is 0.00000363. The maximum atomic E-state index is 12.9. The summed E-state index contributed by atoms with van der Waals surface area (Å²) in [5.41, 5.74) is 6.56. The number of nitrogens with zero attached hydrogens (tertiary/aromatic N) is 2. The second kappa shape index (κ2) is 12.9. The Hall–Kier alpha value is -2.04. The summed E-state index contributed by atoms with van der Waals surface area (Å²) < 4.78 is 11.0. The topological polar surface area (TPSA) is 121 Å². The number of anilines is 1. The molecule has 2 aromatic rings. The predicted octanol–water partition coefficient (Wildman–Crippen LogP) is 2.50. The van der Waals surface area contributed by atoms with Gasteiger partial charge < -0.3 is 30.9 Å². The Kier molecular flexibility index (Phi) is 10.5. The summed E-state index contributed by atoms with van der Waals surface area (Å²) in [5.74, 6) is 1.21. The fourth-order valence-corrected chi connectivity index (χ4v) is 4.65. The third-order valence-electron chi connectivity index (χ3n) is 5.36. The number of halogens is 1. The predicted molar refractivity (Wildman–Crippen MR) is 129 cm³/mol. The molecule has 2 unspecified atom stereocenters. The molecule has 1 fully saturated rings. The summed E-state index contributed by atoms with van der Waals surface area (Å²) >= 11 is 7.95. The van der Waals surface area contributed by atoms with Gasteiger partial charge in [0.2, 0.25) is 0 Å². The van der Waals surface area contributed by atoms with Crippen molar-refractivity contribution in [2.24, 2.45) is 0 Å². The fraction of sp³-hybridized carbons (Fsp3) is 0.455. The van der Waals surface area contributed by atoms with Gasteiger partial charge >= 0.3 is 0 Å². The lowest BCUT2D eigenvalue weighted by Crippen LogP contribution is -2.55. The third kappa shape index (κ3) is 6.98. The molecule has 1 amide bonds. The Bertz CT molecular complexity index is 875. The van der Waals surface area contributed by atoms with Crippen molar-refractivity contribution in [2.45, 2.75) is 29.9 Å². The molecule has 0 radical (unpaired) electrons. The lowest BCUT2D eigenvalue weighted by molar-refractivity contribution is 0.00655. The van der Waals surface area contributed by atoms with Gasteiger partial charge in [0.1, 0.15) is 5.75 Å². The number of nitrogen functional groups attached to an aromatic ring is 1. The van der Waals surface area contributed by atoms with Crippen LogP contribution in [0.1, 0.15) is 23.2 Å². The highest BCUT2D eigenvalue weighted by Gasteiger charge is 2.31. The van der Waals surface area contributed by atoms with Gasteiger partial charge in [-0.2, -0.15) is 0 Å². The normalized spacial score (nSPS) is 18.6. The Labute approximate surface area is 198 Å². The van der Waals surface area contributed by atoms with Crippen LogP contribution in [0.25, 0.3) is 0 Å². The SMILES string of the molecule is COc1cc(N)c(Cl)cc1C(=O)NC1CCN(CCCSc2ccncc2)CC1OC.O. The van der Waals surface area contributed by atoms with Crippen LogP contribution in [0.2, 0.25) is 5.02 Å².